The molecule has 12 heteroatoms. The van der Waals surface area contributed by atoms with Crippen LogP contribution < -0.4 is 20.7 Å². The standard InChI is InChI=1S/C30H32Cl2N6O3S/c1-19(24-13-14-25(28(32)27(24)31)26-18-34-15-16-35-26)36-29(39)37-21-9-11-23(12-10-21)42(40,41)38-22-7-5-20(6-8-22)17-30(2,3)33-4/h5-16,18-19,33,38H,17H2,1-4H3,(H2,36,37,39). The lowest BCUT2D eigenvalue weighted by molar-refractivity contribution is 0.249. The largest absolute Gasteiger partial charge is 0.331 e. The van der Waals surface area contributed by atoms with E-state index in [1.807, 2.05) is 19.2 Å². The molecule has 1 atom stereocenters. The third-order valence-corrected chi connectivity index (χ3v) is 9.01. The van der Waals surface area contributed by atoms with E-state index in [0.717, 1.165) is 12.0 Å². The van der Waals surface area contributed by atoms with Crippen LogP contribution in [0.4, 0.5) is 16.2 Å². The number of anilines is 2. The number of nitrogens with one attached hydrogen (secondary N) is 4. The van der Waals surface area contributed by atoms with Gasteiger partial charge in [-0.25, -0.2) is 13.2 Å². The van der Waals surface area contributed by atoms with Crippen LogP contribution in [0.1, 0.15) is 37.9 Å². The van der Waals surface area contributed by atoms with Gasteiger partial charge in [0.15, 0.2) is 0 Å². The minimum Gasteiger partial charge on any atom is -0.331 e. The number of sulfonamides is 1. The van der Waals surface area contributed by atoms with Gasteiger partial charge in [0, 0.05) is 34.9 Å². The molecule has 4 aromatic rings. The number of carbonyl (C=O) groups is 1. The average Bonchev–Trinajstić information content (AvgIpc) is 2.96. The minimum atomic E-state index is -3.82. The van der Waals surface area contributed by atoms with E-state index in [1.165, 1.54) is 24.3 Å². The molecule has 220 valence electrons. The molecule has 1 heterocycles. The number of hydrogen-bond acceptors (Lipinski definition) is 6. The zero-order valence-corrected chi connectivity index (χ0v) is 25.9. The number of amides is 2. The fourth-order valence-electron chi connectivity index (χ4n) is 4.20. The Morgan fingerprint density at radius 2 is 1.60 bits per heavy atom. The highest BCUT2D eigenvalue weighted by Crippen LogP contribution is 2.37. The van der Waals surface area contributed by atoms with Gasteiger partial charge in [0.2, 0.25) is 0 Å². The van der Waals surface area contributed by atoms with Gasteiger partial charge in [0.25, 0.3) is 10.0 Å². The Morgan fingerprint density at radius 3 is 2.21 bits per heavy atom. The fourth-order valence-corrected chi connectivity index (χ4v) is 5.85. The number of benzene rings is 3. The summed E-state index contributed by atoms with van der Waals surface area (Å²) >= 11 is 13.0. The van der Waals surface area contributed by atoms with Crippen molar-refractivity contribution in [1.29, 1.82) is 0 Å². The van der Waals surface area contributed by atoms with Gasteiger partial charge in [-0.1, -0.05) is 47.5 Å². The minimum absolute atomic E-state index is 0.0619. The predicted octanol–water partition coefficient (Wildman–Crippen LogP) is 6.67. The van der Waals surface area contributed by atoms with Crippen molar-refractivity contribution in [1.82, 2.24) is 20.6 Å². The first-order valence-corrected chi connectivity index (χ1v) is 15.3. The van der Waals surface area contributed by atoms with Gasteiger partial charge >= 0.3 is 6.03 Å². The van der Waals surface area contributed by atoms with Crippen molar-refractivity contribution in [3.05, 3.63) is 100 Å². The second-order valence-corrected chi connectivity index (χ2v) is 12.8. The third kappa shape index (κ3) is 7.77. The van der Waals surface area contributed by atoms with Crippen molar-refractivity contribution >= 4 is 50.6 Å². The Bertz CT molecular complexity index is 1650. The van der Waals surface area contributed by atoms with Crippen LogP contribution >= 0.6 is 23.2 Å². The molecule has 0 radical (unpaired) electrons. The molecule has 0 aliphatic heterocycles. The first-order chi connectivity index (χ1) is 19.9. The molecule has 42 heavy (non-hydrogen) atoms. The van der Waals surface area contributed by atoms with E-state index in [0.29, 0.717) is 38.2 Å². The second kappa shape index (κ2) is 13.1. The molecule has 1 unspecified atom stereocenters. The van der Waals surface area contributed by atoms with E-state index in [-0.39, 0.29) is 10.4 Å². The topological polar surface area (TPSA) is 125 Å². The lowest BCUT2D eigenvalue weighted by Crippen LogP contribution is -2.38. The maximum atomic E-state index is 12.9. The van der Waals surface area contributed by atoms with Crippen molar-refractivity contribution in [3.63, 3.8) is 0 Å². The highest BCUT2D eigenvalue weighted by Gasteiger charge is 2.19. The van der Waals surface area contributed by atoms with Crippen molar-refractivity contribution in [2.75, 3.05) is 17.1 Å². The normalized spacial score (nSPS) is 12.4. The number of aromatic nitrogens is 2. The van der Waals surface area contributed by atoms with E-state index < -0.39 is 22.1 Å². The number of carbonyl (C=O) groups excluding carboxylic acids is 1. The summed E-state index contributed by atoms with van der Waals surface area (Å²) < 4.78 is 28.4. The highest BCUT2D eigenvalue weighted by atomic mass is 35.5. The zero-order chi connectivity index (χ0) is 30.5. The SMILES string of the molecule is CNC(C)(C)Cc1ccc(NS(=O)(=O)c2ccc(NC(=O)NC(C)c3ccc(-c4cnccn4)c(Cl)c3Cl)cc2)cc1. The van der Waals surface area contributed by atoms with Gasteiger partial charge in [-0.05, 0) is 81.8 Å². The lowest BCUT2D eigenvalue weighted by atomic mass is 9.95. The van der Waals surface area contributed by atoms with Crippen LogP contribution in [0, 0.1) is 0 Å². The van der Waals surface area contributed by atoms with Crippen LogP contribution in [0.5, 0.6) is 0 Å². The molecule has 2 amide bonds. The van der Waals surface area contributed by atoms with Crippen molar-refractivity contribution in [2.45, 2.75) is 43.7 Å². The van der Waals surface area contributed by atoms with Crippen LogP contribution in [0.25, 0.3) is 11.3 Å². The molecule has 3 aromatic carbocycles. The summed E-state index contributed by atoms with van der Waals surface area (Å²) in [6.07, 6.45) is 5.51. The third-order valence-electron chi connectivity index (χ3n) is 6.72. The molecule has 4 N–H and O–H groups in total. The summed E-state index contributed by atoms with van der Waals surface area (Å²) in [5.41, 5.74) is 3.72. The molecule has 0 saturated carbocycles. The van der Waals surface area contributed by atoms with E-state index in [4.69, 9.17) is 23.2 Å². The molecule has 0 aliphatic rings. The van der Waals surface area contributed by atoms with Crippen molar-refractivity contribution in [2.24, 2.45) is 0 Å². The number of hydrogen-bond donors (Lipinski definition) is 4. The molecule has 0 saturated heterocycles. The summed E-state index contributed by atoms with van der Waals surface area (Å²) in [6.45, 7) is 5.96. The van der Waals surface area contributed by atoms with Gasteiger partial charge in [-0.2, -0.15) is 0 Å². The van der Waals surface area contributed by atoms with E-state index in [9.17, 15) is 13.2 Å². The van der Waals surface area contributed by atoms with E-state index >= 15 is 0 Å². The molecule has 0 aliphatic carbocycles. The lowest BCUT2D eigenvalue weighted by Gasteiger charge is -2.24. The van der Waals surface area contributed by atoms with Gasteiger partial charge in [-0.15, -0.1) is 0 Å². The monoisotopic (exact) mass is 626 g/mol. The molecule has 4 rings (SSSR count). The number of nitrogens with zero attached hydrogens (tertiary/aromatic N) is 2. The van der Waals surface area contributed by atoms with Crippen LogP contribution in [0.15, 0.2) is 84.1 Å². The molecule has 1 aromatic heterocycles. The summed E-state index contributed by atoms with van der Waals surface area (Å²) in [4.78, 5) is 21.1. The molecule has 0 bridgehead atoms. The summed E-state index contributed by atoms with van der Waals surface area (Å²) in [7, 11) is -1.92. The number of urea groups is 1. The Balaban J connectivity index is 1.36. The Labute approximate surface area is 256 Å². The summed E-state index contributed by atoms with van der Waals surface area (Å²) in [5.74, 6) is 0. The molecular formula is C30H32Cl2N6O3S. The van der Waals surface area contributed by atoms with Gasteiger partial charge < -0.3 is 16.0 Å². The highest BCUT2D eigenvalue weighted by molar-refractivity contribution is 7.92. The van der Waals surface area contributed by atoms with Crippen LogP contribution in [0.2, 0.25) is 10.0 Å². The molecular weight excluding hydrogens is 595 g/mol. The van der Waals surface area contributed by atoms with Crippen LogP contribution in [-0.4, -0.2) is 37.0 Å². The maximum absolute atomic E-state index is 12.9. The summed E-state index contributed by atoms with van der Waals surface area (Å²) in [5, 5.41) is 9.38. The zero-order valence-electron chi connectivity index (χ0n) is 23.6. The van der Waals surface area contributed by atoms with Crippen LogP contribution in [0.3, 0.4) is 0 Å². The first-order valence-electron chi connectivity index (χ1n) is 13.1. The van der Waals surface area contributed by atoms with Gasteiger partial charge in [0.05, 0.1) is 32.9 Å². The second-order valence-electron chi connectivity index (χ2n) is 10.4. The molecule has 0 spiro atoms. The average molecular weight is 628 g/mol. The van der Waals surface area contributed by atoms with E-state index in [2.05, 4.69) is 44.5 Å². The fraction of sp³-hybridized carbons (Fsp3) is 0.233. The predicted molar refractivity (Wildman–Crippen MR) is 169 cm³/mol. The summed E-state index contributed by atoms with van der Waals surface area (Å²) in [6, 6.07) is 15.7. The first kappa shape index (κ1) is 31.2. The molecule has 9 nitrogen and oxygen atoms in total. The number of halogens is 2. The smallest absolute Gasteiger partial charge is 0.319 e. The number of likely N-dealkylation sites (N-methyl/N-ethyl adjacent to an activating group) is 1. The van der Waals surface area contributed by atoms with E-state index in [1.54, 1.807) is 49.8 Å². The Morgan fingerprint density at radius 1 is 0.929 bits per heavy atom. The number of rotatable bonds is 10. The maximum Gasteiger partial charge on any atom is 0.319 e. The quantitative estimate of drug-likeness (QED) is 0.156. The van der Waals surface area contributed by atoms with Crippen molar-refractivity contribution in [3.8, 4) is 11.3 Å². The van der Waals surface area contributed by atoms with Gasteiger partial charge in [0.1, 0.15) is 0 Å². The van der Waals surface area contributed by atoms with Crippen LogP contribution in [-0.2, 0) is 16.4 Å². The Hall–Kier alpha value is -3.70. The Kier molecular flexibility index (Phi) is 9.73. The van der Waals surface area contributed by atoms with Gasteiger partial charge in [-0.3, -0.25) is 14.7 Å². The van der Waals surface area contributed by atoms with Crippen molar-refractivity contribution < 1.29 is 13.2 Å². The molecule has 0 fully saturated rings.